The number of aromatic nitrogens is 4. The quantitative estimate of drug-likeness (QED) is 0.338. The van der Waals surface area contributed by atoms with E-state index in [-0.39, 0.29) is 11.9 Å². The second-order valence-corrected chi connectivity index (χ2v) is 9.86. The molecule has 4 N–H and O–H groups in total. The van der Waals surface area contributed by atoms with E-state index in [1.54, 1.807) is 13.2 Å². The lowest BCUT2D eigenvalue weighted by Gasteiger charge is -2.37. The lowest BCUT2D eigenvalue weighted by molar-refractivity contribution is -0.126. The predicted molar refractivity (Wildman–Crippen MR) is 145 cm³/mol. The zero-order valence-electron chi connectivity index (χ0n) is 21.6. The molecule has 0 radical (unpaired) electrons. The van der Waals surface area contributed by atoms with Gasteiger partial charge in [0.2, 0.25) is 11.9 Å². The van der Waals surface area contributed by atoms with Crippen LogP contribution in [-0.2, 0) is 4.79 Å². The third-order valence-corrected chi connectivity index (χ3v) is 7.18. The molecule has 36 heavy (non-hydrogen) atoms. The van der Waals surface area contributed by atoms with E-state index in [9.17, 15) is 4.79 Å². The van der Waals surface area contributed by atoms with Crippen LogP contribution in [0.15, 0.2) is 24.4 Å². The first-order valence-corrected chi connectivity index (χ1v) is 12.8. The Morgan fingerprint density at radius 1 is 1.17 bits per heavy atom. The van der Waals surface area contributed by atoms with E-state index < -0.39 is 0 Å². The molecule has 0 bridgehead atoms. The molecule has 1 unspecified atom stereocenters. The van der Waals surface area contributed by atoms with Crippen molar-refractivity contribution in [1.82, 2.24) is 30.4 Å². The molecule has 1 fully saturated rings. The van der Waals surface area contributed by atoms with Crippen LogP contribution < -0.4 is 16.0 Å². The molecule has 3 heterocycles. The van der Waals surface area contributed by atoms with Gasteiger partial charge in [-0.2, -0.15) is 10.1 Å². The maximum Gasteiger partial charge on any atom is 0.237 e. The summed E-state index contributed by atoms with van der Waals surface area (Å²) in [5.74, 6) is 2.18. The number of aromatic amines is 1. The van der Waals surface area contributed by atoms with Gasteiger partial charge in [0.15, 0.2) is 11.6 Å². The smallest absolute Gasteiger partial charge is 0.237 e. The van der Waals surface area contributed by atoms with Crippen LogP contribution in [-0.4, -0.2) is 57.2 Å². The van der Waals surface area contributed by atoms with E-state index in [0.29, 0.717) is 28.5 Å². The van der Waals surface area contributed by atoms with Crippen LogP contribution in [0.3, 0.4) is 0 Å². The number of aryl methyl sites for hydroxylation is 3. The van der Waals surface area contributed by atoms with Crippen molar-refractivity contribution in [3.63, 3.8) is 0 Å². The van der Waals surface area contributed by atoms with Crippen LogP contribution in [0.1, 0.15) is 54.5 Å². The maximum absolute atomic E-state index is 12.2. The van der Waals surface area contributed by atoms with E-state index in [0.717, 1.165) is 49.3 Å². The molecular weight excluding hydrogens is 476 g/mol. The highest BCUT2D eigenvalue weighted by molar-refractivity contribution is 6.32. The second-order valence-electron chi connectivity index (χ2n) is 9.45. The summed E-state index contributed by atoms with van der Waals surface area (Å²) >= 11 is 6.30. The zero-order valence-corrected chi connectivity index (χ0v) is 22.3. The Morgan fingerprint density at radius 3 is 2.56 bits per heavy atom. The molecule has 1 aliphatic heterocycles. The summed E-state index contributed by atoms with van der Waals surface area (Å²) in [6, 6.07) is 6.28. The minimum Gasteiger partial charge on any atom is -0.358 e. The first-order chi connectivity index (χ1) is 17.3. The number of halogens is 1. The summed E-state index contributed by atoms with van der Waals surface area (Å²) < 4.78 is 0. The number of hydrogen-bond acceptors (Lipinski definition) is 7. The van der Waals surface area contributed by atoms with Crippen LogP contribution in [0.5, 0.6) is 0 Å². The highest BCUT2D eigenvalue weighted by Crippen LogP contribution is 2.35. The largest absolute Gasteiger partial charge is 0.358 e. The average Bonchev–Trinajstić information content (AvgIpc) is 3.28. The molecule has 1 aliphatic rings. The monoisotopic (exact) mass is 510 g/mol. The third kappa shape index (κ3) is 5.79. The number of nitrogens with zero attached hydrogens (tertiary/aromatic N) is 4. The topological polar surface area (TPSA) is 111 Å². The molecule has 192 valence electrons. The van der Waals surface area contributed by atoms with E-state index in [1.165, 1.54) is 11.1 Å². The first-order valence-electron chi connectivity index (χ1n) is 12.4. The Labute approximate surface area is 217 Å². The van der Waals surface area contributed by atoms with Crippen LogP contribution in [0, 0.1) is 20.8 Å². The number of amides is 1. The molecule has 4 rings (SSSR count). The normalized spacial score (nSPS) is 15.5. The number of hydrogen-bond donors (Lipinski definition) is 4. The lowest BCUT2D eigenvalue weighted by atomic mass is 9.85. The first kappa shape index (κ1) is 25.9. The van der Waals surface area contributed by atoms with Gasteiger partial charge in [-0.3, -0.25) is 14.8 Å². The van der Waals surface area contributed by atoms with Crippen molar-refractivity contribution in [1.29, 1.82) is 0 Å². The summed E-state index contributed by atoms with van der Waals surface area (Å²) in [5, 5.41) is 16.8. The fourth-order valence-electron chi connectivity index (χ4n) is 4.95. The zero-order chi connectivity index (χ0) is 25.8. The van der Waals surface area contributed by atoms with E-state index in [4.69, 9.17) is 11.6 Å². The molecule has 1 aromatic carbocycles. The molecule has 0 aliphatic carbocycles. The Bertz CT molecular complexity index is 1220. The second kappa shape index (κ2) is 11.3. The van der Waals surface area contributed by atoms with Crippen LogP contribution in [0.2, 0.25) is 5.02 Å². The summed E-state index contributed by atoms with van der Waals surface area (Å²) in [4.78, 5) is 23.5. The van der Waals surface area contributed by atoms with Gasteiger partial charge in [-0.15, -0.1) is 0 Å². The molecule has 1 atom stereocenters. The maximum atomic E-state index is 12.2. The number of rotatable bonds is 8. The molecule has 2 aromatic heterocycles. The van der Waals surface area contributed by atoms with Crippen molar-refractivity contribution in [2.75, 3.05) is 30.8 Å². The van der Waals surface area contributed by atoms with Gasteiger partial charge >= 0.3 is 0 Å². The standard InChI is InChI=1S/C26H35ClN8O/c1-6-22(25(36)28-5)35-9-7-18(8-10-35)19-11-16(3)21(12-15(19)2)30-26-29-14-20(27)24(32-26)31-23-13-17(4)33-34-23/h11-14,18,22H,6-10H2,1-5H3,(H,28,36)(H3,29,30,31,32,33,34). The lowest BCUT2D eigenvalue weighted by Crippen LogP contribution is -2.48. The fraction of sp³-hybridized carbons (Fsp3) is 0.462. The van der Waals surface area contributed by atoms with Gasteiger partial charge in [0.25, 0.3) is 0 Å². The number of carbonyl (C=O) groups excluding carboxylic acids is 1. The minimum absolute atomic E-state index is 0.0406. The van der Waals surface area contributed by atoms with Gasteiger partial charge in [-0.05, 0) is 81.8 Å². The number of carbonyl (C=O) groups is 1. The summed E-state index contributed by atoms with van der Waals surface area (Å²) in [6.07, 6.45) is 4.49. The number of likely N-dealkylation sites (N-methyl/N-ethyl adjacent to an activating group) is 1. The van der Waals surface area contributed by atoms with Crippen LogP contribution in [0.4, 0.5) is 23.3 Å². The minimum atomic E-state index is -0.0406. The number of piperidine rings is 1. The van der Waals surface area contributed by atoms with Gasteiger partial charge in [0, 0.05) is 24.5 Å². The van der Waals surface area contributed by atoms with Gasteiger partial charge < -0.3 is 16.0 Å². The number of benzene rings is 1. The number of anilines is 4. The number of nitrogens with one attached hydrogen (secondary N) is 4. The average molecular weight is 511 g/mol. The molecule has 1 amide bonds. The Morgan fingerprint density at radius 2 is 1.92 bits per heavy atom. The van der Waals surface area contributed by atoms with E-state index >= 15 is 0 Å². The van der Waals surface area contributed by atoms with Crippen molar-refractivity contribution in [3.8, 4) is 0 Å². The van der Waals surface area contributed by atoms with Crippen molar-refractivity contribution in [3.05, 3.63) is 51.8 Å². The van der Waals surface area contributed by atoms with E-state index in [1.807, 2.05) is 13.0 Å². The molecule has 1 saturated heterocycles. The highest BCUT2D eigenvalue weighted by Gasteiger charge is 2.29. The van der Waals surface area contributed by atoms with Gasteiger partial charge in [-0.25, -0.2) is 4.98 Å². The Kier molecular flexibility index (Phi) is 8.11. The summed E-state index contributed by atoms with van der Waals surface area (Å²) in [5.41, 5.74) is 5.64. The van der Waals surface area contributed by atoms with Crippen molar-refractivity contribution >= 4 is 40.8 Å². The molecule has 10 heteroatoms. The van der Waals surface area contributed by atoms with Gasteiger partial charge in [0.05, 0.1) is 12.2 Å². The molecular formula is C26H35ClN8O. The van der Waals surface area contributed by atoms with Gasteiger partial charge in [-0.1, -0.05) is 24.6 Å². The Balaban J connectivity index is 1.46. The van der Waals surface area contributed by atoms with Crippen LogP contribution >= 0.6 is 11.6 Å². The predicted octanol–water partition coefficient (Wildman–Crippen LogP) is 4.97. The molecule has 9 nitrogen and oxygen atoms in total. The van der Waals surface area contributed by atoms with Crippen molar-refractivity contribution in [2.45, 2.75) is 58.9 Å². The SMILES string of the molecule is CCC(C(=O)NC)N1CCC(c2cc(C)c(Nc3ncc(Cl)c(Nc4cc(C)[nH]n4)n3)cc2C)CC1. The summed E-state index contributed by atoms with van der Waals surface area (Å²) in [7, 11) is 1.71. The van der Waals surface area contributed by atoms with E-state index in [2.05, 4.69) is 73.9 Å². The molecule has 0 saturated carbocycles. The molecule has 0 spiro atoms. The fourth-order valence-corrected chi connectivity index (χ4v) is 5.09. The number of likely N-dealkylation sites (tertiary alicyclic amines) is 1. The number of H-pyrrole nitrogens is 1. The molecule has 3 aromatic rings. The third-order valence-electron chi connectivity index (χ3n) is 6.90. The highest BCUT2D eigenvalue weighted by atomic mass is 35.5. The van der Waals surface area contributed by atoms with Crippen LogP contribution in [0.25, 0.3) is 0 Å². The summed E-state index contributed by atoms with van der Waals surface area (Å²) in [6.45, 7) is 10.1. The van der Waals surface area contributed by atoms with Crippen molar-refractivity contribution in [2.24, 2.45) is 0 Å². The Hall–Kier alpha value is -3.17. The van der Waals surface area contributed by atoms with Crippen molar-refractivity contribution < 1.29 is 4.79 Å². The van der Waals surface area contributed by atoms with Gasteiger partial charge in [0.1, 0.15) is 5.02 Å².